The molecule has 0 saturated carbocycles. The molecule has 1 aromatic rings. The lowest BCUT2D eigenvalue weighted by Gasteiger charge is -2.08. The molecule has 1 aromatic carbocycles. The number of aliphatic hydroxyl groups excluding tert-OH is 1. The van der Waals surface area contributed by atoms with E-state index in [0.717, 1.165) is 6.07 Å². The van der Waals surface area contributed by atoms with Crippen LogP contribution in [0.25, 0.3) is 0 Å². The van der Waals surface area contributed by atoms with Gasteiger partial charge in [-0.1, -0.05) is 0 Å². The van der Waals surface area contributed by atoms with Gasteiger partial charge in [-0.3, -0.25) is 0 Å². The molecule has 0 bridgehead atoms. The van der Waals surface area contributed by atoms with Crippen LogP contribution in [0.3, 0.4) is 0 Å². The lowest BCUT2D eigenvalue weighted by Crippen LogP contribution is -2.05. The highest BCUT2D eigenvalue weighted by Crippen LogP contribution is 2.24. The van der Waals surface area contributed by atoms with Gasteiger partial charge in [0.2, 0.25) is 0 Å². The lowest BCUT2D eigenvalue weighted by atomic mass is 10.1. The van der Waals surface area contributed by atoms with Gasteiger partial charge in [-0.05, 0) is 24.1 Å². The minimum absolute atomic E-state index is 0.162. The lowest BCUT2D eigenvalue weighted by molar-refractivity contribution is 0.0692. The number of ether oxygens (including phenoxy) is 1. The second-order valence-electron chi connectivity index (χ2n) is 2.94. The summed E-state index contributed by atoms with van der Waals surface area (Å²) in [6.07, 6.45) is 0.210. The molecule has 1 rings (SSSR count). The van der Waals surface area contributed by atoms with Crippen molar-refractivity contribution >= 4 is 5.97 Å². The highest BCUT2D eigenvalue weighted by atomic mass is 19.1. The molecule has 2 N–H and O–H groups in total. The summed E-state index contributed by atoms with van der Waals surface area (Å²) in [6.45, 7) is -0.162. The fraction of sp³-hybridized carbons (Fsp3) is 0.300. The summed E-state index contributed by atoms with van der Waals surface area (Å²) in [5, 5.41) is 17.5. The second kappa shape index (κ2) is 4.75. The molecule has 0 amide bonds. The molecule has 0 fully saturated rings. The Morgan fingerprint density at radius 2 is 2.20 bits per heavy atom. The van der Waals surface area contributed by atoms with Crippen LogP contribution >= 0.6 is 0 Å². The van der Waals surface area contributed by atoms with E-state index in [9.17, 15) is 9.18 Å². The fourth-order valence-corrected chi connectivity index (χ4v) is 1.29. The van der Waals surface area contributed by atoms with Crippen LogP contribution < -0.4 is 4.74 Å². The Morgan fingerprint density at radius 1 is 1.53 bits per heavy atom. The smallest absolute Gasteiger partial charge is 0.339 e. The van der Waals surface area contributed by atoms with Crippen LogP contribution in [0.15, 0.2) is 12.1 Å². The van der Waals surface area contributed by atoms with Crippen LogP contribution in [0.2, 0.25) is 0 Å². The first-order valence-electron chi connectivity index (χ1n) is 4.30. The number of benzene rings is 1. The average Bonchev–Trinajstić information content (AvgIpc) is 2.17. The topological polar surface area (TPSA) is 66.8 Å². The highest BCUT2D eigenvalue weighted by molar-refractivity contribution is 5.91. The van der Waals surface area contributed by atoms with E-state index in [2.05, 4.69) is 4.74 Å². The van der Waals surface area contributed by atoms with E-state index in [1.165, 1.54) is 13.2 Å². The largest absolute Gasteiger partial charge is 0.493 e. The van der Waals surface area contributed by atoms with Gasteiger partial charge in [0, 0.05) is 6.61 Å². The maximum atomic E-state index is 13.3. The monoisotopic (exact) mass is 214 g/mol. The molecule has 0 aliphatic heterocycles. The van der Waals surface area contributed by atoms with Crippen molar-refractivity contribution in [2.45, 2.75) is 6.42 Å². The number of aromatic carboxylic acids is 1. The van der Waals surface area contributed by atoms with Crippen molar-refractivity contribution in [3.63, 3.8) is 0 Å². The molecule has 0 aliphatic rings. The molecule has 0 spiro atoms. The van der Waals surface area contributed by atoms with Crippen molar-refractivity contribution in [3.8, 4) is 5.75 Å². The summed E-state index contributed by atoms with van der Waals surface area (Å²) in [5.41, 5.74) is 0.189. The molecule has 0 aromatic heterocycles. The van der Waals surface area contributed by atoms with Crippen molar-refractivity contribution in [2.75, 3.05) is 13.7 Å². The van der Waals surface area contributed by atoms with Crippen LogP contribution in [0.4, 0.5) is 4.39 Å². The Labute approximate surface area is 85.9 Å². The van der Waals surface area contributed by atoms with E-state index in [1.54, 1.807) is 0 Å². The van der Waals surface area contributed by atoms with Gasteiger partial charge in [0.05, 0.1) is 7.11 Å². The van der Waals surface area contributed by atoms with Crippen LogP contribution in [0, 0.1) is 5.82 Å². The Balaban J connectivity index is 3.25. The SMILES string of the molecule is COc1c(F)cc(CCO)cc1C(=O)O. The van der Waals surface area contributed by atoms with Gasteiger partial charge in [-0.15, -0.1) is 0 Å². The molecule has 0 aliphatic carbocycles. The van der Waals surface area contributed by atoms with Gasteiger partial charge in [0.25, 0.3) is 0 Å². The molecule has 0 saturated heterocycles. The zero-order valence-corrected chi connectivity index (χ0v) is 8.16. The van der Waals surface area contributed by atoms with E-state index in [-0.39, 0.29) is 24.3 Å². The Bertz CT molecular complexity index is 376. The first-order chi connectivity index (χ1) is 7.10. The quantitative estimate of drug-likeness (QED) is 0.786. The minimum Gasteiger partial charge on any atom is -0.493 e. The Morgan fingerprint density at radius 3 is 2.67 bits per heavy atom. The third-order valence-electron chi connectivity index (χ3n) is 1.94. The molecular formula is C10H11FO4. The normalized spacial score (nSPS) is 10.1. The van der Waals surface area contributed by atoms with Crippen molar-refractivity contribution < 1.29 is 24.1 Å². The standard InChI is InChI=1S/C10H11FO4/c1-15-9-7(10(13)14)4-6(2-3-12)5-8(9)11/h4-5,12H,2-3H2,1H3,(H,13,14). The van der Waals surface area contributed by atoms with Gasteiger partial charge < -0.3 is 14.9 Å². The predicted octanol–water partition coefficient (Wildman–Crippen LogP) is 1.07. The molecule has 0 radical (unpaired) electrons. The van der Waals surface area contributed by atoms with Gasteiger partial charge in [-0.25, -0.2) is 9.18 Å². The molecule has 4 nitrogen and oxygen atoms in total. The minimum atomic E-state index is -1.26. The summed E-state index contributed by atoms with van der Waals surface area (Å²) in [5.74, 6) is -2.28. The summed E-state index contributed by atoms with van der Waals surface area (Å²) >= 11 is 0. The number of halogens is 1. The molecule has 15 heavy (non-hydrogen) atoms. The van der Waals surface area contributed by atoms with Crippen molar-refractivity contribution in [2.24, 2.45) is 0 Å². The molecule has 0 unspecified atom stereocenters. The molecular weight excluding hydrogens is 203 g/mol. The number of carboxylic acids is 1. The number of carboxylic acid groups (broad SMARTS) is 1. The first kappa shape index (κ1) is 11.5. The second-order valence-corrected chi connectivity index (χ2v) is 2.94. The van der Waals surface area contributed by atoms with Gasteiger partial charge in [0.1, 0.15) is 5.56 Å². The van der Waals surface area contributed by atoms with E-state index in [4.69, 9.17) is 10.2 Å². The van der Waals surface area contributed by atoms with Crippen LogP contribution in [-0.2, 0) is 6.42 Å². The maximum Gasteiger partial charge on any atom is 0.339 e. The Kier molecular flexibility index (Phi) is 3.62. The number of hydrogen-bond donors (Lipinski definition) is 2. The van der Waals surface area contributed by atoms with E-state index in [0.29, 0.717) is 5.56 Å². The predicted molar refractivity (Wildman–Crippen MR) is 50.7 cm³/mol. The number of aliphatic hydroxyl groups is 1. The first-order valence-corrected chi connectivity index (χ1v) is 4.30. The van der Waals surface area contributed by atoms with Crippen molar-refractivity contribution in [1.29, 1.82) is 0 Å². The molecule has 5 heteroatoms. The zero-order valence-electron chi connectivity index (χ0n) is 8.16. The van der Waals surface area contributed by atoms with Gasteiger partial charge in [0.15, 0.2) is 11.6 Å². The third kappa shape index (κ3) is 2.44. The summed E-state index contributed by atoms with van der Waals surface area (Å²) in [6, 6.07) is 2.45. The Hall–Kier alpha value is -1.62. The average molecular weight is 214 g/mol. The fourth-order valence-electron chi connectivity index (χ4n) is 1.29. The zero-order chi connectivity index (χ0) is 11.4. The highest BCUT2D eigenvalue weighted by Gasteiger charge is 2.16. The number of carbonyl (C=O) groups is 1. The van der Waals surface area contributed by atoms with E-state index >= 15 is 0 Å². The van der Waals surface area contributed by atoms with Crippen molar-refractivity contribution in [1.82, 2.24) is 0 Å². The van der Waals surface area contributed by atoms with Crippen LogP contribution in [0.5, 0.6) is 5.75 Å². The number of rotatable bonds is 4. The summed E-state index contributed by atoms with van der Waals surface area (Å²) < 4.78 is 18.0. The van der Waals surface area contributed by atoms with Gasteiger partial charge >= 0.3 is 5.97 Å². The van der Waals surface area contributed by atoms with E-state index < -0.39 is 11.8 Å². The maximum absolute atomic E-state index is 13.3. The molecule has 82 valence electrons. The van der Waals surface area contributed by atoms with E-state index in [1.807, 2.05) is 0 Å². The third-order valence-corrected chi connectivity index (χ3v) is 1.94. The van der Waals surface area contributed by atoms with Crippen LogP contribution in [0.1, 0.15) is 15.9 Å². The summed E-state index contributed by atoms with van der Waals surface area (Å²) in [4.78, 5) is 10.8. The number of hydrogen-bond acceptors (Lipinski definition) is 3. The van der Waals surface area contributed by atoms with Crippen LogP contribution in [-0.4, -0.2) is 29.9 Å². The van der Waals surface area contributed by atoms with Gasteiger partial charge in [-0.2, -0.15) is 0 Å². The summed E-state index contributed by atoms with van der Waals surface area (Å²) in [7, 11) is 1.20. The molecule has 0 atom stereocenters. The van der Waals surface area contributed by atoms with Crippen molar-refractivity contribution in [3.05, 3.63) is 29.1 Å². The number of methoxy groups -OCH3 is 1. The molecule has 0 heterocycles.